The van der Waals surface area contributed by atoms with E-state index < -0.39 is 32.9 Å². The molecule has 1 unspecified atom stereocenters. The largest absolute Gasteiger partial charge is 0.353 e. The monoisotopic (exact) mass is 307 g/mol. The summed E-state index contributed by atoms with van der Waals surface area (Å²) in [5, 5.41) is 2.15. The molecule has 19 heavy (non-hydrogen) atoms. The molecular formula is C10H11ClFN3O3S. The van der Waals surface area contributed by atoms with Gasteiger partial charge in [-0.1, -0.05) is 11.6 Å². The van der Waals surface area contributed by atoms with E-state index in [0.29, 0.717) is 0 Å². The van der Waals surface area contributed by atoms with Gasteiger partial charge >= 0.3 is 0 Å². The van der Waals surface area contributed by atoms with Crippen LogP contribution in [0.2, 0.25) is 5.15 Å². The van der Waals surface area contributed by atoms with Gasteiger partial charge in [-0.3, -0.25) is 4.79 Å². The molecule has 1 aliphatic heterocycles. The molecule has 1 N–H and O–H groups in total. The number of hydrogen-bond acceptors (Lipinski definition) is 4. The summed E-state index contributed by atoms with van der Waals surface area (Å²) in [7, 11) is -3.97. The molecule has 1 atom stereocenters. The highest BCUT2D eigenvalue weighted by Crippen LogP contribution is 2.22. The standard InChI is InChI=1S/C10H11ClFN3O3S/c1-6-10(16)13-2-3-15(6)19(17,18)7-4-8(12)9(11)14-5-7/h4-6H,2-3H2,1H3,(H,13,16). The van der Waals surface area contributed by atoms with Gasteiger partial charge in [0.15, 0.2) is 11.0 Å². The van der Waals surface area contributed by atoms with E-state index in [-0.39, 0.29) is 18.0 Å². The summed E-state index contributed by atoms with van der Waals surface area (Å²) in [6.45, 7) is 1.80. The van der Waals surface area contributed by atoms with Crippen LogP contribution in [-0.2, 0) is 14.8 Å². The summed E-state index contributed by atoms with van der Waals surface area (Å²) in [5.41, 5.74) is 0. The van der Waals surface area contributed by atoms with Gasteiger partial charge in [-0.15, -0.1) is 0 Å². The fraction of sp³-hybridized carbons (Fsp3) is 0.400. The molecule has 1 aromatic heterocycles. The molecule has 0 bridgehead atoms. The van der Waals surface area contributed by atoms with Crippen molar-refractivity contribution < 1.29 is 17.6 Å². The van der Waals surface area contributed by atoms with E-state index in [9.17, 15) is 17.6 Å². The second kappa shape index (κ2) is 5.03. The lowest BCUT2D eigenvalue weighted by atomic mass is 10.2. The number of nitrogens with one attached hydrogen (secondary N) is 1. The Bertz CT molecular complexity index is 622. The maximum absolute atomic E-state index is 13.3. The van der Waals surface area contributed by atoms with Gasteiger partial charge in [0.05, 0.1) is 0 Å². The first-order valence-electron chi connectivity index (χ1n) is 5.44. The third-order valence-electron chi connectivity index (χ3n) is 2.82. The quantitative estimate of drug-likeness (QED) is 0.801. The smallest absolute Gasteiger partial charge is 0.245 e. The van der Waals surface area contributed by atoms with Crippen LogP contribution in [0.3, 0.4) is 0 Å². The van der Waals surface area contributed by atoms with E-state index in [2.05, 4.69) is 10.3 Å². The number of piperazine rings is 1. The van der Waals surface area contributed by atoms with Gasteiger partial charge in [-0.25, -0.2) is 17.8 Å². The number of rotatable bonds is 2. The molecule has 9 heteroatoms. The maximum atomic E-state index is 13.3. The van der Waals surface area contributed by atoms with Crippen molar-refractivity contribution in [2.75, 3.05) is 13.1 Å². The van der Waals surface area contributed by atoms with E-state index in [1.165, 1.54) is 6.92 Å². The maximum Gasteiger partial charge on any atom is 0.245 e. The Morgan fingerprint density at radius 1 is 1.58 bits per heavy atom. The van der Waals surface area contributed by atoms with Crippen molar-refractivity contribution in [3.05, 3.63) is 23.2 Å². The van der Waals surface area contributed by atoms with Gasteiger partial charge in [0.1, 0.15) is 10.9 Å². The van der Waals surface area contributed by atoms with Crippen LogP contribution in [0.1, 0.15) is 6.92 Å². The second-order valence-corrected chi connectivity index (χ2v) is 6.27. The lowest BCUT2D eigenvalue weighted by Gasteiger charge is -2.31. The molecule has 1 aliphatic rings. The van der Waals surface area contributed by atoms with Gasteiger partial charge in [-0.05, 0) is 13.0 Å². The summed E-state index contributed by atoms with van der Waals surface area (Å²) in [6, 6.07) is -0.0540. The van der Waals surface area contributed by atoms with E-state index in [1.807, 2.05) is 0 Å². The van der Waals surface area contributed by atoms with Crippen molar-refractivity contribution in [2.45, 2.75) is 17.9 Å². The number of carbonyl (C=O) groups excluding carboxylic acids is 1. The minimum absolute atomic E-state index is 0.124. The number of pyridine rings is 1. The highest BCUT2D eigenvalue weighted by atomic mass is 35.5. The molecule has 0 saturated carbocycles. The van der Waals surface area contributed by atoms with Crippen LogP contribution < -0.4 is 5.32 Å². The number of sulfonamides is 1. The van der Waals surface area contributed by atoms with E-state index in [0.717, 1.165) is 16.6 Å². The van der Waals surface area contributed by atoms with Crippen molar-refractivity contribution in [2.24, 2.45) is 0 Å². The summed E-state index contributed by atoms with van der Waals surface area (Å²) < 4.78 is 38.9. The Morgan fingerprint density at radius 3 is 2.89 bits per heavy atom. The van der Waals surface area contributed by atoms with Crippen molar-refractivity contribution in [1.82, 2.24) is 14.6 Å². The second-order valence-electron chi connectivity index (χ2n) is 4.03. The molecule has 0 radical (unpaired) electrons. The zero-order valence-corrected chi connectivity index (χ0v) is 11.5. The third-order valence-corrected chi connectivity index (χ3v) is 5.03. The van der Waals surface area contributed by atoms with Crippen LogP contribution in [0.25, 0.3) is 0 Å². The van der Waals surface area contributed by atoms with Crippen LogP contribution >= 0.6 is 11.6 Å². The minimum Gasteiger partial charge on any atom is -0.353 e. The Labute approximate surface area is 114 Å². The number of amides is 1. The molecule has 0 aliphatic carbocycles. The lowest BCUT2D eigenvalue weighted by molar-refractivity contribution is -0.126. The molecule has 2 rings (SSSR count). The lowest BCUT2D eigenvalue weighted by Crippen LogP contribution is -2.55. The topological polar surface area (TPSA) is 79.4 Å². The Balaban J connectivity index is 2.41. The van der Waals surface area contributed by atoms with Crippen LogP contribution in [0, 0.1) is 5.82 Å². The van der Waals surface area contributed by atoms with Crippen molar-refractivity contribution in [3.8, 4) is 0 Å². The first-order chi connectivity index (χ1) is 8.84. The fourth-order valence-corrected chi connectivity index (χ4v) is 3.43. The van der Waals surface area contributed by atoms with E-state index >= 15 is 0 Å². The van der Waals surface area contributed by atoms with Gasteiger partial charge < -0.3 is 5.32 Å². The molecule has 1 saturated heterocycles. The molecule has 0 aromatic carbocycles. The molecule has 1 amide bonds. The van der Waals surface area contributed by atoms with Crippen LogP contribution in [0.15, 0.2) is 17.2 Å². The molecule has 1 fully saturated rings. The Hall–Kier alpha value is -1.25. The van der Waals surface area contributed by atoms with Gasteiger partial charge in [0.25, 0.3) is 0 Å². The van der Waals surface area contributed by atoms with Crippen LogP contribution in [0.4, 0.5) is 4.39 Å². The van der Waals surface area contributed by atoms with E-state index in [4.69, 9.17) is 11.6 Å². The van der Waals surface area contributed by atoms with E-state index in [1.54, 1.807) is 0 Å². The average Bonchev–Trinajstić information content (AvgIpc) is 2.35. The Morgan fingerprint density at radius 2 is 2.26 bits per heavy atom. The number of halogens is 2. The summed E-state index contributed by atoms with van der Waals surface area (Å²) in [6.07, 6.45) is 0.972. The number of aromatic nitrogens is 1. The van der Waals surface area contributed by atoms with Gasteiger partial charge in [0, 0.05) is 19.3 Å². The number of carbonyl (C=O) groups is 1. The van der Waals surface area contributed by atoms with Gasteiger partial charge in [-0.2, -0.15) is 4.31 Å². The summed E-state index contributed by atoms with van der Waals surface area (Å²) in [5.74, 6) is -1.31. The van der Waals surface area contributed by atoms with Crippen molar-refractivity contribution in [3.63, 3.8) is 0 Å². The molecule has 104 valence electrons. The average molecular weight is 308 g/mol. The summed E-state index contributed by atoms with van der Waals surface area (Å²) >= 11 is 5.41. The first kappa shape index (κ1) is 14.2. The summed E-state index contributed by atoms with van der Waals surface area (Å²) in [4.78, 5) is 14.6. The molecule has 0 spiro atoms. The predicted molar refractivity (Wildman–Crippen MR) is 65.6 cm³/mol. The minimum atomic E-state index is -3.97. The first-order valence-corrected chi connectivity index (χ1v) is 7.26. The molecule has 6 nitrogen and oxygen atoms in total. The molecule has 2 heterocycles. The normalized spacial score (nSPS) is 21.2. The van der Waals surface area contributed by atoms with Crippen molar-refractivity contribution >= 4 is 27.5 Å². The zero-order chi connectivity index (χ0) is 14.2. The van der Waals surface area contributed by atoms with Crippen LogP contribution in [-0.4, -0.2) is 42.7 Å². The SMILES string of the molecule is CC1C(=O)NCCN1S(=O)(=O)c1cnc(Cl)c(F)c1. The predicted octanol–water partition coefficient (Wildman–Crippen LogP) is 0.383. The van der Waals surface area contributed by atoms with Crippen LogP contribution in [0.5, 0.6) is 0 Å². The fourth-order valence-electron chi connectivity index (χ4n) is 1.77. The Kier molecular flexibility index (Phi) is 3.75. The highest BCUT2D eigenvalue weighted by molar-refractivity contribution is 7.89. The molecule has 1 aromatic rings. The van der Waals surface area contributed by atoms with Crippen molar-refractivity contribution in [1.29, 1.82) is 0 Å². The highest BCUT2D eigenvalue weighted by Gasteiger charge is 2.36. The number of hydrogen-bond donors (Lipinski definition) is 1. The third kappa shape index (κ3) is 2.56. The van der Waals surface area contributed by atoms with Gasteiger partial charge in [0.2, 0.25) is 15.9 Å². The zero-order valence-electron chi connectivity index (χ0n) is 9.93. The molecular weight excluding hydrogens is 297 g/mol. The number of nitrogens with zero attached hydrogens (tertiary/aromatic N) is 2.